The predicted octanol–water partition coefficient (Wildman–Crippen LogP) is 0.863. The maximum atomic E-state index is 6.09. The summed E-state index contributed by atoms with van der Waals surface area (Å²) in [5.41, 5.74) is 17.1. The largest absolute Gasteiger partial charge is 0.394 e. The number of unbranched alkanes of at least 4 members (excludes halogenated alkanes) is 1. The van der Waals surface area contributed by atoms with E-state index in [9.17, 15) is 0 Å². The van der Waals surface area contributed by atoms with Crippen molar-refractivity contribution in [3.05, 3.63) is 0 Å². The fourth-order valence-corrected chi connectivity index (χ4v) is 4.78. The second-order valence-corrected chi connectivity index (χ2v) is 8.99. The molecule has 7 nitrogen and oxygen atoms in total. The maximum Gasteiger partial charge on any atom is 0.339 e. The fourth-order valence-electron chi connectivity index (χ4n) is 2.05. The molecule has 0 heterocycles. The zero-order valence-corrected chi connectivity index (χ0v) is 15.6. The molecule has 2 unspecified atom stereocenters. The summed E-state index contributed by atoms with van der Waals surface area (Å²) in [6, 6.07) is 0.823. The van der Waals surface area contributed by atoms with E-state index in [4.69, 9.17) is 35.5 Å². The molecule has 0 aromatic carbocycles. The van der Waals surface area contributed by atoms with E-state index in [1.165, 1.54) is 0 Å². The maximum absolute atomic E-state index is 6.09. The number of nitrogens with two attached hydrogens (primary N) is 3. The Hall–Kier alpha value is -0.0631. The Kier molecular flexibility index (Phi) is 11.4. The van der Waals surface area contributed by atoms with Crippen LogP contribution in [0.25, 0.3) is 0 Å². The van der Waals surface area contributed by atoms with Crippen LogP contribution in [0.4, 0.5) is 0 Å². The Bertz CT molecular complexity index is 283. The van der Waals surface area contributed by atoms with Crippen LogP contribution in [0.5, 0.6) is 0 Å². The van der Waals surface area contributed by atoms with Gasteiger partial charge in [-0.3, -0.25) is 0 Å². The third-order valence-electron chi connectivity index (χ3n) is 3.66. The highest BCUT2D eigenvalue weighted by atomic mass is 28.4. The van der Waals surface area contributed by atoms with Crippen molar-refractivity contribution in [1.29, 1.82) is 0 Å². The third kappa shape index (κ3) is 9.16. The van der Waals surface area contributed by atoms with Gasteiger partial charge in [0.1, 0.15) is 0 Å². The molecule has 0 aliphatic rings. The first-order valence-corrected chi connectivity index (χ1v) is 10.5. The van der Waals surface area contributed by atoms with Crippen molar-refractivity contribution >= 4 is 8.56 Å². The molecule has 0 radical (unpaired) electrons. The van der Waals surface area contributed by atoms with Crippen molar-refractivity contribution in [3.63, 3.8) is 0 Å². The topological polar surface area (TPSA) is 115 Å². The summed E-state index contributed by atoms with van der Waals surface area (Å²) in [5.74, 6) is -1.10. The molecular formula is C14H35N3O4Si. The minimum atomic E-state index is -2.48. The zero-order chi connectivity index (χ0) is 17.1. The lowest BCUT2D eigenvalue weighted by atomic mass is 10.2. The molecule has 134 valence electrons. The van der Waals surface area contributed by atoms with Crippen LogP contribution in [0.15, 0.2) is 0 Å². The molecule has 0 aliphatic carbocycles. The first kappa shape index (κ1) is 21.9. The molecule has 0 aliphatic heterocycles. The van der Waals surface area contributed by atoms with E-state index in [-0.39, 0.29) is 6.04 Å². The normalized spacial score (nSPS) is 16.5. The van der Waals surface area contributed by atoms with Crippen LogP contribution < -0.4 is 17.2 Å². The van der Waals surface area contributed by atoms with Gasteiger partial charge < -0.3 is 35.5 Å². The first-order chi connectivity index (χ1) is 10.3. The van der Waals surface area contributed by atoms with E-state index >= 15 is 0 Å². The zero-order valence-electron chi connectivity index (χ0n) is 14.6. The molecule has 0 spiro atoms. The Balaban J connectivity index is 4.65. The monoisotopic (exact) mass is 337 g/mol. The molecule has 0 fully saturated rings. The lowest BCUT2D eigenvalue weighted by Gasteiger charge is -2.36. The second-order valence-electron chi connectivity index (χ2n) is 5.73. The van der Waals surface area contributed by atoms with Crippen LogP contribution in [0.3, 0.4) is 0 Å². The molecular weight excluding hydrogens is 302 g/mol. The molecule has 0 aromatic rings. The van der Waals surface area contributed by atoms with Gasteiger partial charge in [-0.1, -0.05) is 0 Å². The van der Waals surface area contributed by atoms with Gasteiger partial charge in [0, 0.05) is 33.8 Å². The van der Waals surface area contributed by atoms with Crippen LogP contribution >= 0.6 is 0 Å². The van der Waals surface area contributed by atoms with Crippen LogP contribution in [-0.2, 0) is 18.3 Å². The minimum Gasteiger partial charge on any atom is -0.394 e. The fraction of sp³-hybridized carbons (Fsp3) is 1.00. The Morgan fingerprint density at radius 3 is 2.18 bits per heavy atom. The van der Waals surface area contributed by atoms with Crippen molar-refractivity contribution in [2.75, 3.05) is 33.9 Å². The van der Waals surface area contributed by atoms with E-state index in [0.29, 0.717) is 19.7 Å². The Morgan fingerprint density at radius 1 is 1.05 bits per heavy atom. The van der Waals surface area contributed by atoms with Gasteiger partial charge in [-0.05, 0) is 51.4 Å². The van der Waals surface area contributed by atoms with Crippen molar-refractivity contribution in [2.24, 2.45) is 17.2 Å². The highest BCUT2D eigenvalue weighted by molar-refractivity contribution is 6.66. The van der Waals surface area contributed by atoms with Gasteiger partial charge in [0.15, 0.2) is 0 Å². The number of hydrogen-bond acceptors (Lipinski definition) is 7. The summed E-state index contributed by atoms with van der Waals surface area (Å²) >= 11 is 0. The smallest absolute Gasteiger partial charge is 0.339 e. The molecule has 0 amide bonds. The highest BCUT2D eigenvalue weighted by Gasteiger charge is 2.40. The van der Waals surface area contributed by atoms with Crippen LogP contribution in [0.1, 0.15) is 32.6 Å². The third-order valence-corrected chi connectivity index (χ3v) is 6.47. The van der Waals surface area contributed by atoms with Crippen molar-refractivity contribution < 1.29 is 18.3 Å². The lowest BCUT2D eigenvalue weighted by molar-refractivity contribution is -0.320. The van der Waals surface area contributed by atoms with Gasteiger partial charge in [0.25, 0.3) is 5.97 Å². The van der Waals surface area contributed by atoms with E-state index < -0.39 is 14.5 Å². The van der Waals surface area contributed by atoms with Crippen molar-refractivity contribution in [3.8, 4) is 0 Å². The Morgan fingerprint density at radius 2 is 1.68 bits per heavy atom. The average molecular weight is 338 g/mol. The molecule has 2 atom stereocenters. The number of methoxy groups -OCH3 is 2. The standard InChI is InChI=1S/C14H35N3O4Si/c1-14(18-2,19-3)21-22(4,20-11-6-5-9-15)12-8-13(17)7-10-16/h13H,5-12,15-17H2,1-4H3. The molecule has 0 bridgehead atoms. The van der Waals surface area contributed by atoms with Crippen molar-refractivity contribution in [2.45, 2.75) is 57.2 Å². The number of rotatable bonds is 14. The van der Waals surface area contributed by atoms with E-state index in [0.717, 1.165) is 31.7 Å². The van der Waals surface area contributed by atoms with E-state index in [2.05, 4.69) is 0 Å². The molecule has 6 N–H and O–H groups in total. The Labute approximate surface area is 136 Å². The highest BCUT2D eigenvalue weighted by Crippen LogP contribution is 2.26. The second kappa shape index (κ2) is 11.5. The van der Waals surface area contributed by atoms with Crippen LogP contribution in [0, 0.1) is 0 Å². The summed E-state index contributed by atoms with van der Waals surface area (Å²) in [5, 5.41) is 0. The first-order valence-electron chi connectivity index (χ1n) is 7.95. The molecule has 0 saturated carbocycles. The summed E-state index contributed by atoms with van der Waals surface area (Å²) in [7, 11) is 0.617. The van der Waals surface area contributed by atoms with Gasteiger partial charge >= 0.3 is 8.56 Å². The van der Waals surface area contributed by atoms with Gasteiger partial charge in [0.2, 0.25) is 0 Å². The predicted molar refractivity (Wildman–Crippen MR) is 90.4 cm³/mol. The molecule has 0 rings (SSSR count). The number of hydrogen-bond donors (Lipinski definition) is 3. The molecule has 0 saturated heterocycles. The van der Waals surface area contributed by atoms with Gasteiger partial charge in [-0.15, -0.1) is 0 Å². The summed E-state index contributed by atoms with van der Waals surface area (Å²) in [6.07, 6.45) is 3.45. The summed E-state index contributed by atoms with van der Waals surface area (Å²) in [6.45, 7) is 5.63. The summed E-state index contributed by atoms with van der Waals surface area (Å²) < 4.78 is 22.8. The van der Waals surface area contributed by atoms with Gasteiger partial charge in [-0.25, -0.2) is 0 Å². The minimum absolute atomic E-state index is 0.0596. The van der Waals surface area contributed by atoms with Gasteiger partial charge in [0.05, 0.1) is 0 Å². The lowest BCUT2D eigenvalue weighted by Crippen LogP contribution is -2.50. The van der Waals surface area contributed by atoms with E-state index in [1.54, 1.807) is 21.1 Å². The number of ether oxygens (including phenoxy) is 2. The van der Waals surface area contributed by atoms with E-state index in [1.807, 2.05) is 6.55 Å². The van der Waals surface area contributed by atoms with Crippen LogP contribution in [-0.4, -0.2) is 54.5 Å². The average Bonchev–Trinajstić information content (AvgIpc) is 2.50. The van der Waals surface area contributed by atoms with Crippen molar-refractivity contribution in [1.82, 2.24) is 0 Å². The van der Waals surface area contributed by atoms with Crippen LogP contribution in [0.2, 0.25) is 12.6 Å². The molecule has 8 heteroatoms. The summed E-state index contributed by atoms with van der Waals surface area (Å²) in [4.78, 5) is 0. The molecule has 22 heavy (non-hydrogen) atoms. The van der Waals surface area contributed by atoms with Gasteiger partial charge in [-0.2, -0.15) is 0 Å². The quantitative estimate of drug-likeness (QED) is 0.245. The SMILES string of the molecule is COC(C)(OC)O[Si](C)(CCC(N)CCN)OCCCCN. The molecule has 0 aromatic heterocycles.